The van der Waals surface area contributed by atoms with Gasteiger partial charge in [-0.05, 0) is 48.0 Å². The number of carbonyl (C=O) groups is 2. The number of phenolic OH excluding ortho intramolecular Hbond substituents is 1. The highest BCUT2D eigenvalue weighted by molar-refractivity contribution is 6.00. The first-order valence-corrected chi connectivity index (χ1v) is 9.93. The van der Waals surface area contributed by atoms with Crippen LogP contribution in [0, 0.1) is 0 Å². The van der Waals surface area contributed by atoms with Gasteiger partial charge in [0, 0.05) is 34.8 Å². The molecule has 7 nitrogen and oxygen atoms in total. The highest BCUT2D eigenvalue weighted by atomic mass is 16.5. The van der Waals surface area contributed by atoms with Gasteiger partial charge in [0.05, 0.1) is 18.9 Å². The fraction of sp³-hybridized carbons (Fsp3) is 0.0800. The second-order valence-electron chi connectivity index (χ2n) is 7.17. The standard InChI is InChI=1S/C25H21N3O4/c1-32-25(31)19-6-4-5-17(13-19)15-28-16-20(22-7-2-3-8-23(22)28)14-26-27-24(30)18-9-11-21(29)12-10-18/h2-14,16,29H,15H2,1H3,(H,27,30)/b26-14-. The average Bonchev–Trinajstić information content (AvgIpc) is 3.16. The van der Waals surface area contributed by atoms with E-state index in [4.69, 9.17) is 4.74 Å². The number of aromatic nitrogens is 1. The molecule has 0 spiro atoms. The number of methoxy groups -OCH3 is 1. The Balaban J connectivity index is 1.56. The van der Waals surface area contributed by atoms with Crippen molar-refractivity contribution in [3.63, 3.8) is 0 Å². The summed E-state index contributed by atoms with van der Waals surface area (Å²) >= 11 is 0. The molecule has 0 aliphatic carbocycles. The van der Waals surface area contributed by atoms with Gasteiger partial charge in [0.2, 0.25) is 0 Å². The topological polar surface area (TPSA) is 92.9 Å². The van der Waals surface area contributed by atoms with E-state index in [1.54, 1.807) is 12.3 Å². The van der Waals surface area contributed by atoms with Crippen molar-refractivity contribution in [2.45, 2.75) is 6.54 Å². The van der Waals surface area contributed by atoms with Crippen molar-refractivity contribution in [3.05, 3.63) is 101 Å². The molecule has 7 heteroatoms. The van der Waals surface area contributed by atoms with Crippen LogP contribution in [0.3, 0.4) is 0 Å². The Hall–Kier alpha value is -4.39. The van der Waals surface area contributed by atoms with Crippen LogP contribution < -0.4 is 5.43 Å². The van der Waals surface area contributed by atoms with Gasteiger partial charge in [-0.3, -0.25) is 4.79 Å². The summed E-state index contributed by atoms with van der Waals surface area (Å²) in [7, 11) is 1.36. The molecule has 1 heterocycles. The Bertz CT molecular complexity index is 1310. The van der Waals surface area contributed by atoms with Gasteiger partial charge in [0.1, 0.15) is 5.75 Å². The van der Waals surface area contributed by atoms with Crippen molar-refractivity contribution in [2.75, 3.05) is 7.11 Å². The lowest BCUT2D eigenvalue weighted by Crippen LogP contribution is -2.17. The van der Waals surface area contributed by atoms with Gasteiger partial charge in [0.15, 0.2) is 0 Å². The van der Waals surface area contributed by atoms with Crippen molar-refractivity contribution < 1.29 is 19.4 Å². The number of fused-ring (bicyclic) bond motifs is 1. The van der Waals surface area contributed by atoms with Crippen LogP contribution in [0.1, 0.15) is 31.8 Å². The minimum atomic E-state index is -0.374. The van der Waals surface area contributed by atoms with Crippen molar-refractivity contribution in [1.29, 1.82) is 0 Å². The molecular weight excluding hydrogens is 406 g/mol. The van der Waals surface area contributed by atoms with E-state index in [1.165, 1.54) is 31.4 Å². The van der Waals surface area contributed by atoms with Gasteiger partial charge < -0.3 is 14.4 Å². The van der Waals surface area contributed by atoms with Crippen molar-refractivity contribution >= 4 is 29.0 Å². The summed E-state index contributed by atoms with van der Waals surface area (Å²) in [6, 6.07) is 21.1. The number of aromatic hydroxyl groups is 1. The van der Waals surface area contributed by atoms with E-state index in [0.717, 1.165) is 22.0 Å². The molecule has 0 bridgehead atoms. The van der Waals surface area contributed by atoms with E-state index >= 15 is 0 Å². The minimum absolute atomic E-state index is 0.0926. The summed E-state index contributed by atoms with van der Waals surface area (Å²) < 4.78 is 6.87. The number of hydrogen-bond donors (Lipinski definition) is 2. The number of esters is 1. The number of amides is 1. The number of nitrogens with one attached hydrogen (secondary N) is 1. The predicted octanol–water partition coefficient (Wildman–Crippen LogP) is 3.95. The highest BCUT2D eigenvalue weighted by Gasteiger charge is 2.10. The maximum atomic E-state index is 12.2. The molecule has 32 heavy (non-hydrogen) atoms. The van der Waals surface area contributed by atoms with Crippen molar-refractivity contribution in [2.24, 2.45) is 5.10 Å². The summed E-state index contributed by atoms with van der Waals surface area (Å²) in [4.78, 5) is 24.1. The largest absolute Gasteiger partial charge is 0.508 e. The molecule has 1 amide bonds. The zero-order valence-corrected chi connectivity index (χ0v) is 17.4. The quantitative estimate of drug-likeness (QED) is 0.277. The maximum absolute atomic E-state index is 12.2. The lowest BCUT2D eigenvalue weighted by atomic mass is 10.1. The van der Waals surface area contributed by atoms with E-state index in [1.807, 2.05) is 48.7 Å². The molecule has 4 rings (SSSR count). The fourth-order valence-electron chi connectivity index (χ4n) is 3.46. The number of hydrogen-bond acceptors (Lipinski definition) is 5. The van der Waals surface area contributed by atoms with Gasteiger partial charge in [-0.15, -0.1) is 0 Å². The lowest BCUT2D eigenvalue weighted by Gasteiger charge is -2.07. The molecule has 160 valence electrons. The molecule has 0 saturated carbocycles. The number of phenols is 1. The summed E-state index contributed by atoms with van der Waals surface area (Å²) in [5.41, 5.74) is 6.20. The van der Waals surface area contributed by atoms with Gasteiger partial charge >= 0.3 is 5.97 Å². The van der Waals surface area contributed by atoms with Crippen LogP contribution in [0.4, 0.5) is 0 Å². The predicted molar refractivity (Wildman–Crippen MR) is 122 cm³/mol. The van der Waals surface area contributed by atoms with E-state index in [0.29, 0.717) is 17.7 Å². The van der Waals surface area contributed by atoms with Gasteiger partial charge in [-0.2, -0.15) is 5.10 Å². The minimum Gasteiger partial charge on any atom is -0.508 e. The molecule has 0 radical (unpaired) electrons. The number of rotatable bonds is 6. The maximum Gasteiger partial charge on any atom is 0.337 e. The molecular formula is C25H21N3O4. The third-order valence-electron chi connectivity index (χ3n) is 5.02. The van der Waals surface area contributed by atoms with E-state index in [-0.39, 0.29) is 17.6 Å². The molecule has 3 aromatic carbocycles. The molecule has 0 fully saturated rings. The monoisotopic (exact) mass is 427 g/mol. The van der Waals surface area contributed by atoms with Gasteiger partial charge in [-0.1, -0.05) is 30.3 Å². The number of benzene rings is 3. The summed E-state index contributed by atoms with van der Waals surface area (Å²) in [6.45, 7) is 0.555. The molecule has 1 aromatic heterocycles. The zero-order chi connectivity index (χ0) is 22.5. The van der Waals surface area contributed by atoms with Gasteiger partial charge in [0.25, 0.3) is 5.91 Å². The molecule has 0 aliphatic rings. The molecule has 0 atom stereocenters. The molecule has 0 saturated heterocycles. The summed E-state index contributed by atoms with van der Waals surface area (Å²) in [5, 5.41) is 14.4. The van der Waals surface area contributed by atoms with Crippen LogP contribution >= 0.6 is 0 Å². The number of ether oxygens (including phenoxy) is 1. The van der Waals surface area contributed by atoms with Crippen LogP contribution in [-0.2, 0) is 11.3 Å². The SMILES string of the molecule is COC(=O)c1cccc(Cn2cc(/C=N\NC(=O)c3ccc(O)cc3)c3ccccc32)c1. The average molecular weight is 427 g/mol. The van der Waals surface area contributed by atoms with Crippen LogP contribution in [0.25, 0.3) is 10.9 Å². The van der Waals surface area contributed by atoms with Crippen molar-refractivity contribution in [1.82, 2.24) is 9.99 Å². The number of carbonyl (C=O) groups excluding carboxylic acids is 2. The molecule has 4 aromatic rings. The third kappa shape index (κ3) is 4.52. The third-order valence-corrected chi connectivity index (χ3v) is 5.02. The van der Waals surface area contributed by atoms with Gasteiger partial charge in [-0.25, -0.2) is 10.2 Å². The second-order valence-corrected chi connectivity index (χ2v) is 7.17. The molecule has 0 aliphatic heterocycles. The number of para-hydroxylation sites is 1. The smallest absolute Gasteiger partial charge is 0.337 e. The van der Waals surface area contributed by atoms with Crippen LogP contribution in [-0.4, -0.2) is 34.9 Å². The summed E-state index contributed by atoms with van der Waals surface area (Å²) in [5.74, 6) is -0.652. The lowest BCUT2D eigenvalue weighted by molar-refractivity contribution is 0.0600. The number of nitrogens with zero attached hydrogens (tertiary/aromatic N) is 2. The normalized spacial score (nSPS) is 11.0. The first kappa shape index (κ1) is 20.9. The highest BCUT2D eigenvalue weighted by Crippen LogP contribution is 2.21. The second kappa shape index (κ2) is 9.18. The molecule has 0 unspecified atom stereocenters. The van der Waals surface area contributed by atoms with Crippen LogP contribution in [0.2, 0.25) is 0 Å². The van der Waals surface area contributed by atoms with Crippen molar-refractivity contribution in [3.8, 4) is 5.75 Å². The Morgan fingerprint density at radius 2 is 1.81 bits per heavy atom. The Kier molecular flexibility index (Phi) is 5.98. The fourth-order valence-corrected chi connectivity index (χ4v) is 3.46. The van der Waals surface area contributed by atoms with E-state index in [9.17, 15) is 14.7 Å². The Morgan fingerprint density at radius 1 is 1.03 bits per heavy atom. The van der Waals surface area contributed by atoms with Crippen LogP contribution in [0.5, 0.6) is 5.75 Å². The summed E-state index contributed by atoms with van der Waals surface area (Å²) in [6.07, 6.45) is 3.55. The zero-order valence-electron chi connectivity index (χ0n) is 17.4. The Labute approximate surface area is 184 Å². The first-order valence-electron chi connectivity index (χ1n) is 9.93. The number of hydrazone groups is 1. The molecule has 2 N–H and O–H groups in total. The van der Waals surface area contributed by atoms with E-state index < -0.39 is 0 Å². The van der Waals surface area contributed by atoms with Crippen LogP contribution in [0.15, 0.2) is 84.1 Å². The Morgan fingerprint density at radius 3 is 2.59 bits per heavy atom. The van der Waals surface area contributed by atoms with E-state index in [2.05, 4.69) is 15.1 Å². The first-order chi connectivity index (χ1) is 15.5.